The van der Waals surface area contributed by atoms with Gasteiger partial charge >= 0.3 is 0 Å². The van der Waals surface area contributed by atoms with Crippen LogP contribution in [0.5, 0.6) is 0 Å². The van der Waals surface area contributed by atoms with Gasteiger partial charge in [-0.05, 0) is 35.9 Å². The second kappa shape index (κ2) is 4.55. The molecule has 0 aromatic heterocycles. The molecule has 0 aliphatic carbocycles. The second-order valence-corrected chi connectivity index (χ2v) is 9.49. The number of hydrogen-bond acceptors (Lipinski definition) is 0. The van der Waals surface area contributed by atoms with Crippen molar-refractivity contribution in [1.29, 1.82) is 0 Å². The minimum atomic E-state index is -0.357. The van der Waals surface area contributed by atoms with E-state index in [2.05, 4.69) is 46.5 Å². The normalized spacial score (nSPS) is 21.6. The van der Waals surface area contributed by atoms with Gasteiger partial charge in [-0.25, -0.2) is 10.0 Å². The first kappa shape index (κ1) is 12.3. The van der Waals surface area contributed by atoms with E-state index in [-0.39, 0.29) is 10.0 Å². The highest BCUT2D eigenvalue weighted by Gasteiger charge is 2.24. The van der Waals surface area contributed by atoms with Gasteiger partial charge in [-0.3, -0.25) is 0 Å². The fraction of sp³-hybridized carbons (Fsp3) is 1.00. The van der Waals surface area contributed by atoms with Crippen LogP contribution in [-0.2, 0) is 0 Å². The van der Waals surface area contributed by atoms with Crippen molar-refractivity contribution in [3.8, 4) is 0 Å². The lowest BCUT2D eigenvalue weighted by Gasteiger charge is -2.39. The van der Waals surface area contributed by atoms with Crippen LogP contribution in [0.1, 0.15) is 34.1 Å². The fourth-order valence-electron chi connectivity index (χ4n) is 1.48. The number of rotatable bonds is 4. The van der Waals surface area contributed by atoms with Gasteiger partial charge in [0, 0.05) is 0 Å². The molecule has 0 bridgehead atoms. The van der Waals surface area contributed by atoms with Gasteiger partial charge in [0.2, 0.25) is 0 Å². The van der Waals surface area contributed by atoms with Crippen molar-refractivity contribution >= 4 is 10.0 Å². The van der Waals surface area contributed by atoms with Gasteiger partial charge in [0.1, 0.15) is 0 Å². The first-order valence-electron chi connectivity index (χ1n) is 4.97. The predicted octanol–water partition coefficient (Wildman–Crippen LogP) is 3.75. The van der Waals surface area contributed by atoms with E-state index in [1.807, 2.05) is 0 Å². The molecule has 12 heavy (non-hydrogen) atoms. The smallest absolute Gasteiger partial charge is 0.0119 e. The van der Waals surface area contributed by atoms with E-state index in [1.165, 1.54) is 6.42 Å². The zero-order chi connectivity index (χ0) is 9.94. The average molecular weight is 190 g/mol. The van der Waals surface area contributed by atoms with Crippen LogP contribution in [0.2, 0.25) is 0 Å². The van der Waals surface area contributed by atoms with Crippen molar-refractivity contribution in [2.75, 3.05) is 18.8 Å². The largest absolute Gasteiger partial charge is 0.247 e. The first-order valence-corrected chi connectivity index (χ1v) is 7.90. The molecule has 76 valence electrons. The summed E-state index contributed by atoms with van der Waals surface area (Å²) in [7, 11) is -0.357. The van der Waals surface area contributed by atoms with Gasteiger partial charge in [0.15, 0.2) is 0 Å². The average Bonchev–Trinajstić information content (AvgIpc) is 1.98. The maximum atomic E-state index is 2.43. The Morgan fingerprint density at radius 2 is 1.42 bits per heavy atom. The molecule has 3 unspecified atom stereocenters. The van der Waals surface area contributed by atoms with E-state index in [0.717, 1.165) is 17.1 Å². The Balaban J connectivity index is 4.19. The monoisotopic (exact) mass is 190 g/mol. The molecule has 3 atom stereocenters. The molecule has 0 rings (SSSR count). The SMILES string of the molecule is CCC(C)C(C)C(C)S(C)(C)C. The molecular weight excluding hydrogens is 164 g/mol. The zero-order valence-electron chi connectivity index (χ0n) is 9.85. The van der Waals surface area contributed by atoms with Crippen molar-refractivity contribution < 1.29 is 0 Å². The Hall–Kier alpha value is 0.350. The summed E-state index contributed by atoms with van der Waals surface area (Å²) in [6.07, 6.45) is 8.60. The molecule has 0 N–H and O–H groups in total. The van der Waals surface area contributed by atoms with E-state index >= 15 is 0 Å². The van der Waals surface area contributed by atoms with Gasteiger partial charge in [0.25, 0.3) is 0 Å². The zero-order valence-corrected chi connectivity index (χ0v) is 10.7. The summed E-state index contributed by atoms with van der Waals surface area (Å²) >= 11 is 0. The van der Waals surface area contributed by atoms with E-state index < -0.39 is 0 Å². The molecule has 0 aromatic carbocycles. The second-order valence-electron chi connectivity index (χ2n) is 4.88. The summed E-state index contributed by atoms with van der Waals surface area (Å²) in [6.45, 7) is 9.52. The molecule has 0 saturated carbocycles. The molecule has 0 fully saturated rings. The van der Waals surface area contributed by atoms with Gasteiger partial charge in [-0.2, -0.15) is 0 Å². The van der Waals surface area contributed by atoms with Crippen molar-refractivity contribution in [2.24, 2.45) is 11.8 Å². The molecule has 1 heteroatoms. The molecule has 0 heterocycles. The minimum Gasteiger partial charge on any atom is -0.247 e. The Labute approximate surface area is 80.4 Å². The lowest BCUT2D eigenvalue weighted by molar-refractivity contribution is 0.373. The molecule has 0 aliphatic rings. The Morgan fingerprint density at radius 3 is 1.67 bits per heavy atom. The molecule has 0 spiro atoms. The van der Waals surface area contributed by atoms with Crippen molar-refractivity contribution in [1.82, 2.24) is 0 Å². The topological polar surface area (TPSA) is 0 Å². The Morgan fingerprint density at radius 1 is 1.00 bits per heavy atom. The standard InChI is InChI=1S/C11H26S/c1-8-9(2)10(3)11(4)12(5,6)7/h9-11H,8H2,1-7H3. The summed E-state index contributed by atoms with van der Waals surface area (Å²) in [4.78, 5) is 0. The van der Waals surface area contributed by atoms with E-state index in [0.29, 0.717) is 0 Å². The van der Waals surface area contributed by atoms with Crippen LogP contribution in [0.25, 0.3) is 0 Å². The lowest BCUT2D eigenvalue weighted by atomic mass is 9.91. The van der Waals surface area contributed by atoms with E-state index in [1.54, 1.807) is 0 Å². The maximum absolute atomic E-state index is 2.43. The van der Waals surface area contributed by atoms with Crippen molar-refractivity contribution in [3.05, 3.63) is 0 Å². The van der Waals surface area contributed by atoms with Crippen LogP contribution in [0.3, 0.4) is 0 Å². The van der Waals surface area contributed by atoms with Crippen LogP contribution in [-0.4, -0.2) is 24.0 Å². The highest BCUT2D eigenvalue weighted by atomic mass is 32.3. The quantitative estimate of drug-likeness (QED) is 0.633. The summed E-state index contributed by atoms with van der Waals surface area (Å²) in [6, 6.07) is 0. The van der Waals surface area contributed by atoms with Crippen LogP contribution < -0.4 is 0 Å². The van der Waals surface area contributed by atoms with E-state index in [9.17, 15) is 0 Å². The third kappa shape index (κ3) is 3.38. The summed E-state index contributed by atoms with van der Waals surface area (Å²) in [5.41, 5.74) is 0. The molecule has 0 nitrogen and oxygen atoms in total. The Bertz CT molecular complexity index is 123. The summed E-state index contributed by atoms with van der Waals surface area (Å²) in [5, 5.41) is 0.896. The fourth-order valence-corrected chi connectivity index (χ4v) is 3.03. The molecule has 0 saturated heterocycles. The van der Waals surface area contributed by atoms with E-state index in [4.69, 9.17) is 0 Å². The van der Waals surface area contributed by atoms with Crippen molar-refractivity contribution in [2.45, 2.75) is 39.4 Å². The van der Waals surface area contributed by atoms with Crippen LogP contribution in [0, 0.1) is 11.8 Å². The maximum Gasteiger partial charge on any atom is -0.0119 e. The van der Waals surface area contributed by atoms with Gasteiger partial charge in [0.05, 0.1) is 0 Å². The van der Waals surface area contributed by atoms with Crippen LogP contribution >= 0.6 is 10.0 Å². The first-order chi connectivity index (χ1) is 5.30. The van der Waals surface area contributed by atoms with Crippen LogP contribution in [0.4, 0.5) is 0 Å². The predicted molar refractivity (Wildman–Crippen MR) is 63.4 cm³/mol. The molecule has 0 radical (unpaired) electrons. The third-order valence-electron chi connectivity index (χ3n) is 3.40. The highest BCUT2D eigenvalue weighted by Crippen LogP contribution is 2.46. The molecule has 0 amide bonds. The number of hydrogen-bond donors (Lipinski definition) is 0. The minimum absolute atomic E-state index is 0.357. The van der Waals surface area contributed by atoms with Gasteiger partial charge in [-0.1, -0.05) is 34.1 Å². The molecular formula is C11H26S. The third-order valence-corrected chi connectivity index (χ3v) is 6.06. The van der Waals surface area contributed by atoms with Gasteiger partial charge < -0.3 is 0 Å². The summed E-state index contributed by atoms with van der Waals surface area (Å²) in [5.74, 6) is 1.76. The van der Waals surface area contributed by atoms with Crippen LogP contribution in [0.15, 0.2) is 0 Å². The highest BCUT2D eigenvalue weighted by molar-refractivity contribution is 8.32. The summed E-state index contributed by atoms with van der Waals surface area (Å²) < 4.78 is 0. The van der Waals surface area contributed by atoms with Gasteiger partial charge in [-0.15, -0.1) is 0 Å². The Kier molecular flexibility index (Phi) is 4.68. The van der Waals surface area contributed by atoms with Crippen molar-refractivity contribution in [3.63, 3.8) is 0 Å². The lowest BCUT2D eigenvalue weighted by Crippen LogP contribution is -2.25. The molecule has 0 aromatic rings. The molecule has 0 aliphatic heterocycles.